The Morgan fingerprint density at radius 3 is 2.54 bits per heavy atom. The third-order valence-electron chi connectivity index (χ3n) is 4.03. The van der Waals surface area contributed by atoms with E-state index in [0.717, 1.165) is 6.07 Å². The highest BCUT2D eigenvalue weighted by Gasteiger charge is 2.36. The van der Waals surface area contributed by atoms with Gasteiger partial charge in [0.1, 0.15) is 17.8 Å². The van der Waals surface area contributed by atoms with E-state index >= 15 is 0 Å². The first kappa shape index (κ1) is 20.0. The molecule has 0 fully saturated rings. The van der Waals surface area contributed by atoms with Gasteiger partial charge in [-0.3, -0.25) is 0 Å². The molecule has 1 aromatic carbocycles. The summed E-state index contributed by atoms with van der Waals surface area (Å²) in [5.41, 5.74) is 0.475. The predicted molar refractivity (Wildman–Crippen MR) is 91.4 cm³/mol. The van der Waals surface area contributed by atoms with E-state index in [-0.39, 0.29) is 16.2 Å². The van der Waals surface area contributed by atoms with Crippen LogP contribution in [-0.4, -0.2) is 28.3 Å². The Kier molecular flexibility index (Phi) is 5.02. The summed E-state index contributed by atoms with van der Waals surface area (Å²) < 4.78 is 72.1. The van der Waals surface area contributed by atoms with Crippen molar-refractivity contribution in [1.29, 1.82) is 0 Å². The number of aromatic nitrogens is 4. The molecule has 0 spiro atoms. The predicted octanol–water partition coefficient (Wildman–Crippen LogP) is 2.84. The van der Waals surface area contributed by atoms with Crippen molar-refractivity contribution in [3.63, 3.8) is 0 Å². The van der Waals surface area contributed by atoms with Crippen LogP contribution in [0.25, 0.3) is 11.3 Å². The second-order valence-electron chi connectivity index (χ2n) is 6.20. The van der Waals surface area contributed by atoms with E-state index < -0.39 is 28.0 Å². The Bertz CT molecular complexity index is 1100. The van der Waals surface area contributed by atoms with Gasteiger partial charge in [-0.15, -0.1) is 10.2 Å². The molecule has 1 atom stereocenters. The van der Waals surface area contributed by atoms with Crippen LogP contribution in [0.5, 0.6) is 0 Å². The minimum absolute atomic E-state index is 0.0874. The highest BCUT2D eigenvalue weighted by Crippen LogP contribution is 2.33. The summed E-state index contributed by atoms with van der Waals surface area (Å²) in [7, 11) is -2.32. The summed E-state index contributed by atoms with van der Waals surface area (Å²) in [6, 6.07) is 4.25. The van der Waals surface area contributed by atoms with Gasteiger partial charge in [-0.05, 0) is 25.5 Å². The molecule has 1 unspecified atom stereocenters. The number of halogens is 3. The highest BCUT2D eigenvalue weighted by atomic mass is 32.2. The first-order valence-corrected chi connectivity index (χ1v) is 9.48. The Hall–Kier alpha value is -2.73. The van der Waals surface area contributed by atoms with Crippen LogP contribution in [-0.2, 0) is 23.2 Å². The van der Waals surface area contributed by atoms with Crippen molar-refractivity contribution < 1.29 is 26.1 Å². The van der Waals surface area contributed by atoms with E-state index in [1.54, 1.807) is 25.5 Å². The Morgan fingerprint density at radius 2 is 1.96 bits per heavy atom. The second kappa shape index (κ2) is 7.02. The Balaban J connectivity index is 1.94. The fourth-order valence-electron chi connectivity index (χ4n) is 2.63. The Labute approximate surface area is 158 Å². The maximum atomic E-state index is 12.8. The minimum Gasteiger partial charge on any atom is -0.351 e. The number of hydrogen-bond acceptors (Lipinski definition) is 6. The van der Waals surface area contributed by atoms with E-state index in [9.17, 15) is 21.6 Å². The first-order chi connectivity index (χ1) is 13.0. The molecule has 0 aliphatic rings. The topological polar surface area (TPSA) is 103 Å². The van der Waals surface area contributed by atoms with Crippen molar-refractivity contribution in [3.05, 3.63) is 47.7 Å². The minimum atomic E-state index is -4.68. The number of benzene rings is 1. The van der Waals surface area contributed by atoms with Gasteiger partial charge in [-0.1, -0.05) is 17.3 Å². The first-order valence-electron chi connectivity index (χ1n) is 8.00. The van der Waals surface area contributed by atoms with E-state index in [2.05, 4.69) is 24.6 Å². The molecule has 2 aromatic heterocycles. The van der Waals surface area contributed by atoms with Crippen molar-refractivity contribution in [3.8, 4) is 11.3 Å². The molecule has 150 valence electrons. The summed E-state index contributed by atoms with van der Waals surface area (Å²) in [4.78, 5) is -0.0874. The number of aryl methyl sites for hydroxylation is 2. The van der Waals surface area contributed by atoms with E-state index in [0.29, 0.717) is 11.4 Å². The zero-order chi connectivity index (χ0) is 20.7. The molecule has 1 N–H and O–H groups in total. The van der Waals surface area contributed by atoms with E-state index in [1.165, 1.54) is 24.5 Å². The third kappa shape index (κ3) is 3.92. The van der Waals surface area contributed by atoms with Gasteiger partial charge in [0.05, 0.1) is 10.9 Å². The summed E-state index contributed by atoms with van der Waals surface area (Å²) in [5, 5.41) is 11.0. The lowest BCUT2D eigenvalue weighted by Gasteiger charge is -2.15. The van der Waals surface area contributed by atoms with Gasteiger partial charge in [-0.25, -0.2) is 13.1 Å². The van der Waals surface area contributed by atoms with Crippen LogP contribution in [0.4, 0.5) is 13.2 Å². The normalized spacial score (nSPS) is 13.6. The summed E-state index contributed by atoms with van der Waals surface area (Å²) >= 11 is 0. The molecule has 2 heterocycles. The zero-order valence-corrected chi connectivity index (χ0v) is 15.8. The standard InChI is InChI=1S/C16H16F3N5O3S/c1-9-4-5-11(12-7-14(27-22-12)16(17,18)19)6-13(9)28(25,26)23-10(2)15-21-20-8-24(15)3/h4-8,10,23H,1-3H3. The second-order valence-corrected chi connectivity index (χ2v) is 7.88. The number of alkyl halides is 3. The van der Waals surface area contributed by atoms with Crippen molar-refractivity contribution in [1.82, 2.24) is 24.6 Å². The molecule has 0 bridgehead atoms. The van der Waals surface area contributed by atoms with Crippen molar-refractivity contribution >= 4 is 10.0 Å². The molecular formula is C16H16F3N5O3S. The SMILES string of the molecule is Cc1ccc(-c2cc(C(F)(F)F)on2)cc1S(=O)(=O)NC(C)c1nncn1C. The molecule has 0 saturated carbocycles. The maximum absolute atomic E-state index is 12.8. The third-order valence-corrected chi connectivity index (χ3v) is 5.71. The van der Waals surface area contributed by atoms with Crippen LogP contribution in [0.2, 0.25) is 0 Å². The molecule has 0 saturated heterocycles. The molecule has 0 aliphatic heterocycles. The number of hydrogen-bond donors (Lipinski definition) is 1. The lowest BCUT2D eigenvalue weighted by atomic mass is 10.1. The van der Waals surface area contributed by atoms with Crippen LogP contribution in [0.3, 0.4) is 0 Å². The zero-order valence-electron chi connectivity index (χ0n) is 15.0. The molecule has 28 heavy (non-hydrogen) atoms. The molecule has 0 aliphatic carbocycles. The largest absolute Gasteiger partial charge is 0.452 e. The number of nitrogens with zero attached hydrogens (tertiary/aromatic N) is 4. The van der Waals surface area contributed by atoms with Gasteiger partial charge in [0.25, 0.3) is 0 Å². The molecule has 12 heteroatoms. The fourth-order valence-corrected chi connectivity index (χ4v) is 4.10. The summed E-state index contributed by atoms with van der Waals surface area (Å²) in [6.45, 7) is 3.18. The lowest BCUT2D eigenvalue weighted by Crippen LogP contribution is -2.29. The molecule has 0 amide bonds. The number of rotatable bonds is 5. The van der Waals surface area contributed by atoms with E-state index in [4.69, 9.17) is 0 Å². The quantitative estimate of drug-likeness (QED) is 0.687. The molecule has 3 rings (SSSR count). The summed E-state index contributed by atoms with van der Waals surface area (Å²) in [6.07, 6.45) is -3.24. The molecule has 8 nitrogen and oxygen atoms in total. The average Bonchev–Trinajstić information content (AvgIpc) is 3.23. The van der Waals surface area contributed by atoms with Crippen LogP contribution in [0.1, 0.15) is 30.1 Å². The average molecular weight is 415 g/mol. The lowest BCUT2D eigenvalue weighted by molar-refractivity contribution is -0.155. The van der Waals surface area contributed by atoms with Gasteiger partial charge in [0.15, 0.2) is 0 Å². The van der Waals surface area contributed by atoms with Gasteiger partial charge >= 0.3 is 6.18 Å². The highest BCUT2D eigenvalue weighted by molar-refractivity contribution is 7.89. The number of nitrogens with one attached hydrogen (secondary N) is 1. The fraction of sp³-hybridized carbons (Fsp3) is 0.312. The monoisotopic (exact) mass is 415 g/mol. The van der Waals surface area contributed by atoms with Crippen molar-refractivity contribution in [2.45, 2.75) is 31.0 Å². The smallest absolute Gasteiger partial charge is 0.351 e. The Morgan fingerprint density at radius 1 is 1.25 bits per heavy atom. The van der Waals surface area contributed by atoms with Gasteiger partial charge in [0, 0.05) is 18.7 Å². The van der Waals surface area contributed by atoms with Crippen LogP contribution in [0, 0.1) is 6.92 Å². The van der Waals surface area contributed by atoms with Gasteiger partial charge < -0.3 is 9.09 Å². The number of sulfonamides is 1. The van der Waals surface area contributed by atoms with Crippen molar-refractivity contribution in [2.24, 2.45) is 7.05 Å². The van der Waals surface area contributed by atoms with Gasteiger partial charge in [-0.2, -0.15) is 13.2 Å². The molecule has 0 radical (unpaired) electrons. The summed E-state index contributed by atoms with van der Waals surface area (Å²) in [5.74, 6) is -0.856. The van der Waals surface area contributed by atoms with Crippen LogP contribution < -0.4 is 4.72 Å². The van der Waals surface area contributed by atoms with Crippen LogP contribution >= 0.6 is 0 Å². The maximum Gasteiger partial charge on any atom is 0.452 e. The van der Waals surface area contributed by atoms with Gasteiger partial charge in [0.2, 0.25) is 15.8 Å². The van der Waals surface area contributed by atoms with Crippen molar-refractivity contribution in [2.75, 3.05) is 0 Å². The molecular weight excluding hydrogens is 399 g/mol. The van der Waals surface area contributed by atoms with Crippen LogP contribution in [0.15, 0.2) is 40.0 Å². The van der Waals surface area contributed by atoms with E-state index in [1.807, 2.05) is 0 Å². The molecule has 3 aromatic rings.